The number of primary sulfonamides is 1. The average Bonchev–Trinajstić information content (AvgIpc) is 2.39. The van der Waals surface area contributed by atoms with Crippen LogP contribution in [0.5, 0.6) is 0 Å². The van der Waals surface area contributed by atoms with E-state index in [1.54, 1.807) is 0 Å². The first-order valence-corrected chi connectivity index (χ1v) is 8.43. The normalized spacial score (nSPS) is 11.4. The molecule has 0 fully saturated rings. The number of amides is 1. The molecule has 1 aromatic rings. The Labute approximate surface area is 124 Å². The van der Waals surface area contributed by atoms with Gasteiger partial charge in [0, 0.05) is 12.1 Å². The van der Waals surface area contributed by atoms with Crippen LogP contribution in [0.25, 0.3) is 0 Å². The molecule has 0 atom stereocenters. The maximum absolute atomic E-state index is 13.7. The van der Waals surface area contributed by atoms with Crippen LogP contribution in [0, 0.1) is 12.7 Å². The Bertz CT molecular complexity index is 615. The largest absolute Gasteiger partial charge is 0.352 e. The van der Waals surface area contributed by atoms with Crippen molar-refractivity contribution < 1.29 is 17.6 Å². The topological polar surface area (TPSA) is 89.3 Å². The molecule has 0 radical (unpaired) electrons. The van der Waals surface area contributed by atoms with Crippen molar-refractivity contribution in [2.75, 3.05) is 6.54 Å². The summed E-state index contributed by atoms with van der Waals surface area (Å²) in [7, 11) is -4.20. The number of sulfonamides is 1. The first-order valence-electron chi connectivity index (χ1n) is 6.88. The van der Waals surface area contributed by atoms with E-state index in [-0.39, 0.29) is 11.1 Å². The molecular weight excluding hydrogens is 295 g/mol. The summed E-state index contributed by atoms with van der Waals surface area (Å²) in [5.74, 6) is -1.35. The summed E-state index contributed by atoms with van der Waals surface area (Å²) >= 11 is 0. The Morgan fingerprint density at radius 3 is 2.52 bits per heavy atom. The summed E-state index contributed by atoms with van der Waals surface area (Å²) in [6.45, 7) is 3.98. The van der Waals surface area contributed by atoms with Crippen molar-refractivity contribution >= 4 is 15.9 Å². The minimum Gasteiger partial charge on any atom is -0.352 e. The van der Waals surface area contributed by atoms with Crippen LogP contribution in [-0.4, -0.2) is 20.9 Å². The smallest absolute Gasteiger partial charge is 0.251 e. The summed E-state index contributed by atoms with van der Waals surface area (Å²) in [6, 6.07) is 2.28. The number of hydrogen-bond donors (Lipinski definition) is 2. The lowest BCUT2D eigenvalue weighted by atomic mass is 10.1. The zero-order valence-electron chi connectivity index (χ0n) is 12.3. The molecule has 0 saturated heterocycles. The van der Waals surface area contributed by atoms with Crippen LogP contribution in [0.3, 0.4) is 0 Å². The molecule has 1 aromatic carbocycles. The first kappa shape index (κ1) is 17.6. The number of carbonyl (C=O) groups is 1. The second-order valence-corrected chi connectivity index (χ2v) is 6.50. The van der Waals surface area contributed by atoms with Crippen LogP contribution in [0.4, 0.5) is 4.39 Å². The molecule has 0 unspecified atom stereocenters. The second-order valence-electron chi connectivity index (χ2n) is 4.97. The number of benzene rings is 1. The maximum atomic E-state index is 13.7. The predicted octanol–water partition coefficient (Wildman–Crippen LogP) is 2.09. The maximum Gasteiger partial charge on any atom is 0.251 e. The molecule has 0 spiro atoms. The molecule has 1 rings (SSSR count). The Kier molecular flexibility index (Phi) is 6.29. The number of aryl methyl sites for hydroxylation is 1. The molecule has 3 N–H and O–H groups in total. The van der Waals surface area contributed by atoms with Crippen LogP contribution in [-0.2, 0) is 10.0 Å². The highest BCUT2D eigenvalue weighted by Gasteiger charge is 2.19. The third-order valence-electron chi connectivity index (χ3n) is 3.11. The minimum atomic E-state index is -4.20. The van der Waals surface area contributed by atoms with E-state index < -0.39 is 26.6 Å². The van der Waals surface area contributed by atoms with Crippen LogP contribution in [0.2, 0.25) is 0 Å². The molecule has 0 aliphatic carbocycles. The molecule has 1 amide bonds. The highest BCUT2D eigenvalue weighted by atomic mass is 32.2. The summed E-state index contributed by atoms with van der Waals surface area (Å²) in [5, 5.41) is 7.64. The summed E-state index contributed by atoms with van der Waals surface area (Å²) < 4.78 is 36.4. The number of unbranched alkanes of at least 4 members (excludes halogenated alkanes) is 3. The SMILES string of the molecule is CCCCCCNC(=O)c1cc(C)c(F)c(S(N)(=O)=O)c1. The standard InChI is InChI=1S/C14H21FN2O3S/c1-3-4-5-6-7-17-14(18)11-8-10(2)13(15)12(9-11)21(16,19)20/h8-9H,3-7H2,1-2H3,(H,17,18)(H2,16,19,20). The third-order valence-corrected chi connectivity index (χ3v) is 4.02. The number of halogens is 1. The van der Waals surface area contributed by atoms with E-state index in [0.29, 0.717) is 6.54 Å². The van der Waals surface area contributed by atoms with Crippen LogP contribution < -0.4 is 10.5 Å². The van der Waals surface area contributed by atoms with E-state index in [2.05, 4.69) is 12.2 Å². The van der Waals surface area contributed by atoms with Crippen molar-refractivity contribution in [3.05, 3.63) is 29.1 Å². The fraction of sp³-hybridized carbons (Fsp3) is 0.500. The highest BCUT2D eigenvalue weighted by molar-refractivity contribution is 7.89. The molecule has 0 bridgehead atoms. The van der Waals surface area contributed by atoms with Crippen molar-refractivity contribution in [3.63, 3.8) is 0 Å². The fourth-order valence-corrected chi connectivity index (χ4v) is 2.63. The lowest BCUT2D eigenvalue weighted by Gasteiger charge is -2.09. The molecule has 0 heterocycles. The average molecular weight is 316 g/mol. The Morgan fingerprint density at radius 1 is 1.29 bits per heavy atom. The fourth-order valence-electron chi connectivity index (χ4n) is 1.93. The van der Waals surface area contributed by atoms with Crippen LogP contribution in [0.15, 0.2) is 17.0 Å². The quantitative estimate of drug-likeness (QED) is 0.755. The number of hydrogen-bond acceptors (Lipinski definition) is 3. The molecule has 7 heteroatoms. The molecule has 21 heavy (non-hydrogen) atoms. The van der Waals surface area contributed by atoms with Gasteiger partial charge in [-0.05, 0) is 31.0 Å². The Morgan fingerprint density at radius 2 is 1.95 bits per heavy atom. The van der Waals surface area contributed by atoms with Gasteiger partial charge in [0.25, 0.3) is 5.91 Å². The number of rotatable bonds is 7. The molecule has 5 nitrogen and oxygen atoms in total. The van der Waals surface area contributed by atoms with Gasteiger partial charge in [0.1, 0.15) is 10.7 Å². The summed E-state index contributed by atoms with van der Waals surface area (Å²) in [4.78, 5) is 11.3. The van der Waals surface area contributed by atoms with E-state index in [4.69, 9.17) is 5.14 Å². The molecular formula is C14H21FN2O3S. The van der Waals surface area contributed by atoms with Gasteiger partial charge < -0.3 is 5.32 Å². The van der Waals surface area contributed by atoms with Crippen molar-refractivity contribution in [2.24, 2.45) is 5.14 Å². The zero-order valence-corrected chi connectivity index (χ0v) is 13.1. The third kappa shape index (κ3) is 5.09. The number of nitrogens with one attached hydrogen (secondary N) is 1. The number of carbonyl (C=O) groups excluding carboxylic acids is 1. The van der Waals surface area contributed by atoms with Crippen LogP contribution >= 0.6 is 0 Å². The Balaban J connectivity index is 2.84. The lowest BCUT2D eigenvalue weighted by Crippen LogP contribution is -2.25. The lowest BCUT2D eigenvalue weighted by molar-refractivity contribution is 0.0952. The summed E-state index contributed by atoms with van der Waals surface area (Å²) in [5.41, 5.74) is 0.158. The molecule has 0 aliphatic rings. The van der Waals surface area contributed by atoms with E-state index in [0.717, 1.165) is 31.7 Å². The van der Waals surface area contributed by atoms with Gasteiger partial charge in [0.15, 0.2) is 0 Å². The van der Waals surface area contributed by atoms with Gasteiger partial charge in [0.2, 0.25) is 10.0 Å². The van der Waals surface area contributed by atoms with Gasteiger partial charge >= 0.3 is 0 Å². The van der Waals surface area contributed by atoms with Crippen molar-refractivity contribution in [1.29, 1.82) is 0 Å². The van der Waals surface area contributed by atoms with Crippen molar-refractivity contribution in [1.82, 2.24) is 5.32 Å². The van der Waals surface area contributed by atoms with Gasteiger partial charge in [-0.2, -0.15) is 0 Å². The van der Waals surface area contributed by atoms with E-state index >= 15 is 0 Å². The minimum absolute atomic E-state index is 0.0673. The summed E-state index contributed by atoms with van der Waals surface area (Å²) in [6.07, 6.45) is 4.06. The first-order chi connectivity index (χ1) is 9.77. The van der Waals surface area contributed by atoms with Gasteiger partial charge in [-0.25, -0.2) is 17.9 Å². The monoisotopic (exact) mass is 316 g/mol. The predicted molar refractivity (Wildman–Crippen MR) is 79.0 cm³/mol. The zero-order chi connectivity index (χ0) is 16.0. The molecule has 118 valence electrons. The van der Waals surface area contributed by atoms with Crippen molar-refractivity contribution in [2.45, 2.75) is 44.4 Å². The molecule has 0 saturated carbocycles. The molecule has 0 aliphatic heterocycles. The van der Waals surface area contributed by atoms with E-state index in [9.17, 15) is 17.6 Å². The van der Waals surface area contributed by atoms with E-state index in [1.165, 1.54) is 13.0 Å². The molecule has 0 aromatic heterocycles. The van der Waals surface area contributed by atoms with E-state index in [1.807, 2.05) is 0 Å². The van der Waals surface area contributed by atoms with Gasteiger partial charge in [-0.1, -0.05) is 26.2 Å². The second kappa shape index (κ2) is 7.51. The Hall–Kier alpha value is -1.47. The van der Waals surface area contributed by atoms with Gasteiger partial charge in [0.05, 0.1) is 0 Å². The highest BCUT2D eigenvalue weighted by Crippen LogP contribution is 2.19. The van der Waals surface area contributed by atoms with Gasteiger partial charge in [-0.3, -0.25) is 4.79 Å². The van der Waals surface area contributed by atoms with Gasteiger partial charge in [-0.15, -0.1) is 0 Å². The van der Waals surface area contributed by atoms with Crippen LogP contribution in [0.1, 0.15) is 48.5 Å². The van der Waals surface area contributed by atoms with Crippen molar-refractivity contribution in [3.8, 4) is 0 Å². The number of nitrogens with two attached hydrogens (primary N) is 1.